The molecule has 0 bridgehead atoms. The van der Waals surface area contributed by atoms with Gasteiger partial charge in [0.05, 0.1) is 12.3 Å². The number of likely N-dealkylation sites (tertiary alicyclic amines) is 1. The van der Waals surface area contributed by atoms with Gasteiger partial charge in [-0.05, 0) is 44.5 Å². The lowest BCUT2D eigenvalue weighted by Gasteiger charge is -2.23. The lowest BCUT2D eigenvalue weighted by molar-refractivity contribution is 0.200. The zero-order chi connectivity index (χ0) is 17.9. The molecule has 5 nitrogen and oxygen atoms in total. The number of nitrogens with zero attached hydrogens (tertiary/aromatic N) is 2. The molecule has 1 aromatic carbocycles. The molecular formula is C20H32N2O3. The zero-order valence-corrected chi connectivity index (χ0v) is 15.5. The number of hydrogen-bond acceptors (Lipinski definition) is 3. The van der Waals surface area contributed by atoms with E-state index in [0.29, 0.717) is 18.8 Å². The zero-order valence-electron chi connectivity index (χ0n) is 15.5. The van der Waals surface area contributed by atoms with Crippen molar-refractivity contribution >= 4 is 11.8 Å². The molecule has 0 saturated carbocycles. The fourth-order valence-corrected chi connectivity index (χ4v) is 3.22. The van der Waals surface area contributed by atoms with Gasteiger partial charge in [0.1, 0.15) is 5.75 Å². The van der Waals surface area contributed by atoms with Gasteiger partial charge in [0.2, 0.25) is 0 Å². The highest BCUT2D eigenvalue weighted by Gasteiger charge is 2.18. The van der Waals surface area contributed by atoms with E-state index in [9.17, 15) is 9.90 Å². The molecule has 25 heavy (non-hydrogen) atoms. The molecule has 0 spiro atoms. The number of unbranched alkanes of at least 4 members (excludes halogenated alkanes) is 4. The molecule has 0 unspecified atom stereocenters. The minimum Gasteiger partial charge on any atom is -0.494 e. The highest BCUT2D eigenvalue weighted by molar-refractivity contribution is 5.86. The number of anilines is 1. The van der Waals surface area contributed by atoms with E-state index in [1.807, 2.05) is 24.3 Å². The molecule has 1 N–H and O–H groups in total. The number of ether oxygens (including phenoxy) is 1. The van der Waals surface area contributed by atoms with E-state index >= 15 is 0 Å². The van der Waals surface area contributed by atoms with E-state index in [0.717, 1.165) is 31.8 Å². The minimum atomic E-state index is -0.907. The van der Waals surface area contributed by atoms with Gasteiger partial charge in [0.15, 0.2) is 0 Å². The fraction of sp³-hybridized carbons (Fsp3) is 0.650. The molecule has 1 saturated heterocycles. The van der Waals surface area contributed by atoms with Crippen LogP contribution in [0.5, 0.6) is 5.75 Å². The smallest absolute Gasteiger partial charge is 0.411 e. The Morgan fingerprint density at radius 3 is 2.68 bits per heavy atom. The Labute approximate surface area is 151 Å². The van der Waals surface area contributed by atoms with Crippen molar-refractivity contribution in [2.45, 2.75) is 51.9 Å². The normalized spacial score (nSPS) is 14.6. The Balaban J connectivity index is 1.84. The Hall–Kier alpha value is -1.75. The van der Waals surface area contributed by atoms with Crippen LogP contribution in [0, 0.1) is 0 Å². The quantitative estimate of drug-likeness (QED) is 0.593. The van der Waals surface area contributed by atoms with Crippen molar-refractivity contribution in [2.24, 2.45) is 0 Å². The summed E-state index contributed by atoms with van der Waals surface area (Å²) in [4.78, 5) is 15.4. The lowest BCUT2D eigenvalue weighted by atomic mass is 10.2. The van der Waals surface area contributed by atoms with E-state index in [1.54, 1.807) is 0 Å². The summed E-state index contributed by atoms with van der Waals surface area (Å²) in [5.41, 5.74) is 0.690. The summed E-state index contributed by atoms with van der Waals surface area (Å²) in [6, 6.07) is 7.44. The Morgan fingerprint density at radius 2 is 1.96 bits per heavy atom. The predicted molar refractivity (Wildman–Crippen MR) is 102 cm³/mol. The topological polar surface area (TPSA) is 53.0 Å². The van der Waals surface area contributed by atoms with E-state index in [-0.39, 0.29) is 0 Å². The van der Waals surface area contributed by atoms with Crippen molar-refractivity contribution in [1.82, 2.24) is 4.90 Å². The molecular weight excluding hydrogens is 316 g/mol. The van der Waals surface area contributed by atoms with E-state index in [2.05, 4.69) is 11.8 Å². The van der Waals surface area contributed by atoms with Gasteiger partial charge in [-0.2, -0.15) is 0 Å². The molecule has 140 valence electrons. The Morgan fingerprint density at radius 1 is 1.20 bits per heavy atom. The molecule has 0 aromatic heterocycles. The number of carbonyl (C=O) groups is 1. The number of rotatable bonds is 11. The van der Waals surface area contributed by atoms with E-state index < -0.39 is 6.09 Å². The Kier molecular flexibility index (Phi) is 8.60. The SMILES string of the molecule is CCCCCCCOc1cccc(N(CCN2CCCC2)C(=O)O)c1. The second-order valence-corrected chi connectivity index (χ2v) is 6.74. The van der Waals surface area contributed by atoms with Crippen LogP contribution in [0.15, 0.2) is 24.3 Å². The molecule has 1 aliphatic heterocycles. The lowest BCUT2D eigenvalue weighted by Crippen LogP contribution is -2.37. The van der Waals surface area contributed by atoms with Crippen LogP contribution in [-0.4, -0.2) is 48.9 Å². The molecule has 1 fully saturated rings. The third kappa shape index (κ3) is 6.94. The first-order chi connectivity index (χ1) is 12.2. The summed E-state index contributed by atoms with van der Waals surface area (Å²) >= 11 is 0. The van der Waals surface area contributed by atoms with Crippen LogP contribution in [0.3, 0.4) is 0 Å². The molecule has 2 rings (SSSR count). The summed E-state index contributed by atoms with van der Waals surface area (Å²) in [7, 11) is 0. The maximum absolute atomic E-state index is 11.6. The van der Waals surface area contributed by atoms with E-state index in [1.165, 1.54) is 43.4 Å². The fourth-order valence-electron chi connectivity index (χ4n) is 3.22. The van der Waals surface area contributed by atoms with Gasteiger partial charge < -0.3 is 14.7 Å². The number of benzene rings is 1. The maximum atomic E-state index is 11.6. The largest absolute Gasteiger partial charge is 0.494 e. The standard InChI is InChI=1S/C20H32N2O3/c1-2-3-4-5-8-16-25-19-11-9-10-18(17-19)22(20(23)24)15-14-21-12-6-7-13-21/h9-11,17H,2-8,12-16H2,1H3,(H,23,24). The summed E-state index contributed by atoms with van der Waals surface area (Å²) < 4.78 is 5.80. The molecule has 1 aromatic rings. The van der Waals surface area contributed by atoms with Crippen LogP contribution in [0.4, 0.5) is 10.5 Å². The van der Waals surface area contributed by atoms with Crippen LogP contribution in [0.1, 0.15) is 51.9 Å². The maximum Gasteiger partial charge on any atom is 0.411 e. The van der Waals surface area contributed by atoms with Crippen molar-refractivity contribution in [1.29, 1.82) is 0 Å². The third-order valence-corrected chi connectivity index (χ3v) is 4.72. The first-order valence-electron chi connectivity index (χ1n) is 9.66. The molecule has 0 atom stereocenters. The summed E-state index contributed by atoms with van der Waals surface area (Å²) in [6.07, 6.45) is 7.53. The van der Waals surface area contributed by atoms with Gasteiger partial charge in [-0.3, -0.25) is 4.90 Å². The summed E-state index contributed by atoms with van der Waals surface area (Å²) in [5, 5.41) is 9.55. The molecule has 0 radical (unpaired) electrons. The van der Waals surface area contributed by atoms with Crippen LogP contribution < -0.4 is 9.64 Å². The molecule has 5 heteroatoms. The average molecular weight is 348 g/mol. The highest BCUT2D eigenvalue weighted by atomic mass is 16.5. The molecule has 1 heterocycles. The third-order valence-electron chi connectivity index (χ3n) is 4.72. The first-order valence-corrected chi connectivity index (χ1v) is 9.66. The van der Waals surface area contributed by atoms with Crippen molar-refractivity contribution in [3.63, 3.8) is 0 Å². The van der Waals surface area contributed by atoms with Crippen molar-refractivity contribution in [2.75, 3.05) is 37.7 Å². The van der Waals surface area contributed by atoms with Gasteiger partial charge in [0, 0.05) is 19.2 Å². The number of carboxylic acid groups (broad SMARTS) is 1. The van der Waals surface area contributed by atoms with Crippen LogP contribution >= 0.6 is 0 Å². The number of hydrogen-bond donors (Lipinski definition) is 1. The minimum absolute atomic E-state index is 0.496. The van der Waals surface area contributed by atoms with Crippen LogP contribution in [-0.2, 0) is 0 Å². The first kappa shape index (κ1) is 19.6. The molecule has 0 aliphatic carbocycles. The monoisotopic (exact) mass is 348 g/mol. The van der Waals surface area contributed by atoms with Crippen molar-refractivity contribution < 1.29 is 14.6 Å². The summed E-state index contributed by atoms with van der Waals surface area (Å²) in [6.45, 7) is 6.34. The average Bonchev–Trinajstić information content (AvgIpc) is 3.12. The van der Waals surface area contributed by atoms with Gasteiger partial charge in [0.25, 0.3) is 0 Å². The van der Waals surface area contributed by atoms with Crippen LogP contribution in [0.2, 0.25) is 0 Å². The van der Waals surface area contributed by atoms with Crippen molar-refractivity contribution in [3.05, 3.63) is 24.3 Å². The van der Waals surface area contributed by atoms with Gasteiger partial charge >= 0.3 is 6.09 Å². The van der Waals surface area contributed by atoms with Gasteiger partial charge in [-0.1, -0.05) is 38.7 Å². The van der Waals surface area contributed by atoms with Crippen molar-refractivity contribution in [3.8, 4) is 5.75 Å². The summed E-state index contributed by atoms with van der Waals surface area (Å²) in [5.74, 6) is 0.750. The second kappa shape index (κ2) is 11.0. The van der Waals surface area contributed by atoms with Gasteiger partial charge in [-0.25, -0.2) is 4.79 Å². The van der Waals surface area contributed by atoms with E-state index in [4.69, 9.17) is 4.74 Å². The van der Waals surface area contributed by atoms with Gasteiger partial charge in [-0.15, -0.1) is 0 Å². The molecule has 1 amide bonds. The second-order valence-electron chi connectivity index (χ2n) is 6.74. The predicted octanol–water partition coefficient (Wildman–Crippen LogP) is 4.62. The molecule has 1 aliphatic rings. The Bertz CT molecular complexity index is 515. The van der Waals surface area contributed by atoms with Crippen LogP contribution in [0.25, 0.3) is 0 Å². The number of amides is 1. The highest BCUT2D eigenvalue weighted by Crippen LogP contribution is 2.22.